The van der Waals surface area contributed by atoms with Gasteiger partial charge in [0.1, 0.15) is 24.6 Å². The molecular weight excluding hydrogens is 264 g/mol. The lowest BCUT2D eigenvalue weighted by Crippen LogP contribution is -3.09. The van der Waals surface area contributed by atoms with Gasteiger partial charge in [0.25, 0.3) is 0 Å². The van der Waals surface area contributed by atoms with Gasteiger partial charge in [0.05, 0.1) is 26.3 Å². The van der Waals surface area contributed by atoms with Crippen LogP contribution in [0.1, 0.15) is 18.1 Å². The van der Waals surface area contributed by atoms with Crippen LogP contribution in [-0.4, -0.2) is 25.7 Å². The molecule has 1 aromatic heterocycles. The molecule has 0 aliphatic carbocycles. The number of pyridine rings is 1. The van der Waals surface area contributed by atoms with Gasteiger partial charge in [-0.1, -0.05) is 0 Å². The predicted octanol–water partition coefficient (Wildman–Crippen LogP) is 1.70. The Morgan fingerprint density at radius 1 is 1.00 bits per heavy atom. The molecule has 112 valence electrons. The Hall–Kier alpha value is -2.07. The minimum absolute atomic E-state index is 0.866. The monoisotopic (exact) mass is 287 g/mol. The molecule has 0 saturated heterocycles. The average Bonchev–Trinajstić information content (AvgIpc) is 2.55. The van der Waals surface area contributed by atoms with Gasteiger partial charge in [0.2, 0.25) is 0 Å². The highest BCUT2D eigenvalue weighted by molar-refractivity contribution is 5.39. The van der Waals surface area contributed by atoms with Gasteiger partial charge in [-0.25, -0.2) is 0 Å². The van der Waals surface area contributed by atoms with E-state index in [2.05, 4.69) is 30.1 Å². The highest BCUT2D eigenvalue weighted by Crippen LogP contribution is 2.23. The van der Waals surface area contributed by atoms with Crippen LogP contribution in [-0.2, 0) is 13.1 Å². The fourth-order valence-electron chi connectivity index (χ4n) is 2.39. The summed E-state index contributed by atoms with van der Waals surface area (Å²) in [5.74, 6) is 1.78. The molecule has 0 bridgehead atoms. The van der Waals surface area contributed by atoms with Gasteiger partial charge in [-0.15, -0.1) is 0 Å². The predicted molar refractivity (Wildman–Crippen MR) is 82.7 cm³/mol. The van der Waals surface area contributed by atoms with E-state index >= 15 is 0 Å². The average molecular weight is 287 g/mol. The minimum atomic E-state index is 0.866. The summed E-state index contributed by atoms with van der Waals surface area (Å²) in [4.78, 5) is 5.53. The van der Waals surface area contributed by atoms with E-state index in [4.69, 9.17) is 9.47 Å². The largest absolute Gasteiger partial charge is 0.497 e. The molecule has 0 aliphatic rings. The first-order valence-electron chi connectivity index (χ1n) is 7.20. The number of methoxy groups -OCH3 is 2. The number of nitrogens with zero attached hydrogens (tertiary/aromatic N) is 1. The van der Waals surface area contributed by atoms with E-state index in [1.165, 1.54) is 16.0 Å². The lowest BCUT2D eigenvalue weighted by Gasteiger charge is -2.19. The Labute approximate surface area is 126 Å². The van der Waals surface area contributed by atoms with E-state index in [1.54, 1.807) is 14.2 Å². The van der Waals surface area contributed by atoms with Crippen LogP contribution >= 0.6 is 0 Å². The molecule has 0 fully saturated rings. The number of nitrogens with one attached hydrogen (secondary N) is 1. The lowest BCUT2D eigenvalue weighted by atomic mass is 10.1. The minimum Gasteiger partial charge on any atom is -0.497 e. The third-order valence-electron chi connectivity index (χ3n) is 3.63. The van der Waals surface area contributed by atoms with E-state index in [9.17, 15) is 0 Å². The number of hydrogen-bond donors (Lipinski definition) is 1. The Balaban J connectivity index is 2.14. The Morgan fingerprint density at radius 3 is 2.38 bits per heavy atom. The quantitative estimate of drug-likeness (QED) is 0.842. The van der Waals surface area contributed by atoms with Crippen molar-refractivity contribution < 1.29 is 14.4 Å². The van der Waals surface area contributed by atoms with E-state index in [-0.39, 0.29) is 0 Å². The first kappa shape index (κ1) is 15.3. The number of aromatic nitrogens is 1. The van der Waals surface area contributed by atoms with Crippen LogP contribution in [0.5, 0.6) is 11.5 Å². The first-order chi connectivity index (χ1) is 10.3. The Bertz CT molecular complexity index is 558. The van der Waals surface area contributed by atoms with Crippen LogP contribution in [0.15, 0.2) is 42.7 Å². The molecule has 0 amide bonds. The van der Waals surface area contributed by atoms with Crippen LogP contribution < -0.4 is 14.4 Å². The number of rotatable bonds is 7. The summed E-state index contributed by atoms with van der Waals surface area (Å²) in [7, 11) is 3.40. The molecule has 0 radical (unpaired) electrons. The molecule has 4 heteroatoms. The summed E-state index contributed by atoms with van der Waals surface area (Å²) in [6.45, 7) is 5.12. The van der Waals surface area contributed by atoms with E-state index in [0.29, 0.717) is 0 Å². The van der Waals surface area contributed by atoms with Gasteiger partial charge in [-0.05, 0) is 37.3 Å². The van der Waals surface area contributed by atoms with Crippen molar-refractivity contribution >= 4 is 0 Å². The Morgan fingerprint density at radius 2 is 1.76 bits per heavy atom. The normalized spacial score (nSPS) is 12.0. The highest BCUT2D eigenvalue weighted by atomic mass is 16.5. The highest BCUT2D eigenvalue weighted by Gasteiger charge is 2.13. The summed E-state index contributed by atoms with van der Waals surface area (Å²) in [6.07, 6.45) is 3.68. The molecule has 21 heavy (non-hydrogen) atoms. The SMILES string of the molecule is CC[NH+](Cc1ccncc1)Cc1cc(OC)ccc1OC. The number of hydrogen-bond acceptors (Lipinski definition) is 3. The molecule has 1 aromatic carbocycles. The van der Waals surface area contributed by atoms with Crippen molar-refractivity contribution in [2.75, 3.05) is 20.8 Å². The molecule has 2 aromatic rings. The van der Waals surface area contributed by atoms with E-state index < -0.39 is 0 Å². The van der Waals surface area contributed by atoms with Crippen LogP contribution in [0, 0.1) is 0 Å². The van der Waals surface area contributed by atoms with Crippen molar-refractivity contribution in [2.45, 2.75) is 20.0 Å². The molecule has 0 aliphatic heterocycles. The van der Waals surface area contributed by atoms with Gasteiger partial charge in [-0.2, -0.15) is 0 Å². The third kappa shape index (κ3) is 4.20. The van der Waals surface area contributed by atoms with E-state index in [0.717, 1.165) is 31.1 Å². The van der Waals surface area contributed by atoms with Crippen molar-refractivity contribution in [1.29, 1.82) is 0 Å². The fourth-order valence-corrected chi connectivity index (χ4v) is 2.39. The molecule has 1 atom stereocenters. The zero-order chi connectivity index (χ0) is 15.1. The molecule has 0 saturated carbocycles. The molecular formula is C17H23N2O2+. The zero-order valence-electron chi connectivity index (χ0n) is 12.9. The van der Waals surface area contributed by atoms with Crippen molar-refractivity contribution in [3.05, 3.63) is 53.9 Å². The van der Waals surface area contributed by atoms with Crippen LogP contribution in [0.3, 0.4) is 0 Å². The summed E-state index contributed by atoms with van der Waals surface area (Å²) in [5, 5.41) is 0. The molecule has 2 rings (SSSR count). The molecule has 4 nitrogen and oxygen atoms in total. The maximum absolute atomic E-state index is 5.46. The van der Waals surface area contributed by atoms with Gasteiger partial charge >= 0.3 is 0 Å². The standard InChI is InChI=1S/C17H22N2O2/c1-4-19(12-14-7-9-18-10-8-14)13-15-11-16(20-2)5-6-17(15)21-3/h5-11H,4,12-13H2,1-3H3/p+1. The molecule has 1 heterocycles. The zero-order valence-corrected chi connectivity index (χ0v) is 12.9. The first-order valence-corrected chi connectivity index (χ1v) is 7.20. The second kappa shape index (κ2) is 7.64. The molecule has 1 unspecified atom stereocenters. The topological polar surface area (TPSA) is 35.8 Å². The van der Waals surface area contributed by atoms with Crippen molar-refractivity contribution in [1.82, 2.24) is 4.98 Å². The molecule has 0 spiro atoms. The fraction of sp³-hybridized carbons (Fsp3) is 0.353. The summed E-state index contributed by atoms with van der Waals surface area (Å²) in [5.41, 5.74) is 2.46. The van der Waals surface area contributed by atoms with Crippen molar-refractivity contribution in [3.8, 4) is 11.5 Å². The second-order valence-electron chi connectivity index (χ2n) is 4.99. The van der Waals surface area contributed by atoms with Crippen molar-refractivity contribution in [3.63, 3.8) is 0 Å². The van der Waals surface area contributed by atoms with Crippen LogP contribution in [0.25, 0.3) is 0 Å². The van der Waals surface area contributed by atoms with Crippen LogP contribution in [0.4, 0.5) is 0 Å². The number of benzene rings is 1. The summed E-state index contributed by atoms with van der Waals surface area (Å²) < 4.78 is 10.8. The second-order valence-corrected chi connectivity index (χ2v) is 4.99. The maximum atomic E-state index is 5.46. The van der Waals surface area contributed by atoms with Gasteiger partial charge in [0.15, 0.2) is 0 Å². The summed E-state index contributed by atoms with van der Waals surface area (Å²) in [6, 6.07) is 10.1. The van der Waals surface area contributed by atoms with Gasteiger partial charge < -0.3 is 14.4 Å². The summed E-state index contributed by atoms with van der Waals surface area (Å²) >= 11 is 0. The lowest BCUT2D eigenvalue weighted by molar-refractivity contribution is -0.925. The van der Waals surface area contributed by atoms with Crippen molar-refractivity contribution in [2.24, 2.45) is 0 Å². The Kier molecular flexibility index (Phi) is 5.58. The number of quaternary nitrogens is 1. The maximum Gasteiger partial charge on any atom is 0.127 e. The molecule has 1 N–H and O–H groups in total. The van der Waals surface area contributed by atoms with Gasteiger partial charge in [0, 0.05) is 18.0 Å². The smallest absolute Gasteiger partial charge is 0.127 e. The third-order valence-corrected chi connectivity index (χ3v) is 3.63. The van der Waals surface area contributed by atoms with E-state index in [1.807, 2.05) is 24.5 Å². The number of ether oxygens (including phenoxy) is 2. The van der Waals surface area contributed by atoms with Gasteiger partial charge in [-0.3, -0.25) is 4.98 Å². The van der Waals surface area contributed by atoms with Crippen LogP contribution in [0.2, 0.25) is 0 Å².